The molecular formula is C9H6INO2. The topological polar surface area (TPSA) is 61.1 Å². The van der Waals surface area contributed by atoms with Crippen LogP contribution in [0.25, 0.3) is 0 Å². The number of phenols is 1. The van der Waals surface area contributed by atoms with E-state index in [4.69, 9.17) is 5.26 Å². The Hall–Kier alpha value is -1.09. The molecular weight excluding hydrogens is 281 g/mol. The van der Waals surface area contributed by atoms with Gasteiger partial charge < -0.3 is 5.11 Å². The maximum Gasteiger partial charge on any atom is 0.161 e. The standard InChI is InChI=1S/C9H6INO2/c1-5(12)6-2-3-8(10)9(13)7(6)4-11/h2-3,13H,1H3. The third kappa shape index (κ3) is 1.80. The molecule has 13 heavy (non-hydrogen) atoms. The Balaban J connectivity index is 3.50. The highest BCUT2D eigenvalue weighted by molar-refractivity contribution is 14.1. The minimum absolute atomic E-state index is 0.0550. The Morgan fingerprint density at radius 1 is 1.62 bits per heavy atom. The molecule has 0 saturated carbocycles. The van der Waals surface area contributed by atoms with E-state index in [1.165, 1.54) is 6.92 Å². The van der Waals surface area contributed by atoms with Crippen LogP contribution in [0.5, 0.6) is 5.75 Å². The predicted molar refractivity (Wildman–Crippen MR) is 55.5 cm³/mol. The van der Waals surface area contributed by atoms with Crippen LogP contribution < -0.4 is 0 Å². The van der Waals surface area contributed by atoms with Crippen molar-refractivity contribution in [1.82, 2.24) is 0 Å². The van der Waals surface area contributed by atoms with Crippen LogP contribution >= 0.6 is 22.6 Å². The molecule has 0 aliphatic carbocycles. The number of hydrogen-bond donors (Lipinski definition) is 1. The Morgan fingerprint density at radius 3 is 2.69 bits per heavy atom. The molecule has 1 aromatic carbocycles. The molecule has 0 amide bonds. The van der Waals surface area contributed by atoms with Crippen LogP contribution in [-0.4, -0.2) is 10.9 Å². The number of phenolic OH excluding ortho intramolecular Hbond substituents is 1. The normalized spacial score (nSPS) is 9.31. The number of benzene rings is 1. The molecule has 1 rings (SSSR count). The average Bonchev–Trinajstić information content (AvgIpc) is 2.09. The van der Waals surface area contributed by atoms with Crippen LogP contribution in [0.4, 0.5) is 0 Å². The SMILES string of the molecule is CC(=O)c1ccc(I)c(O)c1C#N. The zero-order valence-corrected chi connectivity index (χ0v) is 8.99. The van der Waals surface area contributed by atoms with Gasteiger partial charge in [0.15, 0.2) is 5.78 Å². The summed E-state index contributed by atoms with van der Waals surface area (Å²) < 4.78 is 0.569. The van der Waals surface area contributed by atoms with Gasteiger partial charge in [0, 0.05) is 5.56 Å². The molecule has 0 fully saturated rings. The molecule has 66 valence electrons. The maximum absolute atomic E-state index is 11.0. The Bertz CT molecular complexity index is 407. The highest BCUT2D eigenvalue weighted by Gasteiger charge is 2.13. The van der Waals surface area contributed by atoms with Crippen molar-refractivity contribution >= 4 is 28.4 Å². The van der Waals surface area contributed by atoms with E-state index >= 15 is 0 Å². The van der Waals surface area contributed by atoms with Gasteiger partial charge in [0.25, 0.3) is 0 Å². The third-order valence-corrected chi connectivity index (χ3v) is 2.49. The fraction of sp³-hybridized carbons (Fsp3) is 0.111. The molecule has 0 bridgehead atoms. The van der Waals surface area contributed by atoms with E-state index < -0.39 is 0 Å². The first-order valence-electron chi connectivity index (χ1n) is 3.50. The van der Waals surface area contributed by atoms with Crippen molar-refractivity contribution in [3.05, 3.63) is 26.8 Å². The van der Waals surface area contributed by atoms with Gasteiger partial charge in [0.1, 0.15) is 17.4 Å². The van der Waals surface area contributed by atoms with Crippen molar-refractivity contribution in [1.29, 1.82) is 5.26 Å². The summed E-state index contributed by atoms with van der Waals surface area (Å²) in [4.78, 5) is 11.0. The summed E-state index contributed by atoms with van der Waals surface area (Å²) in [5, 5.41) is 18.2. The molecule has 0 spiro atoms. The number of hydrogen-bond acceptors (Lipinski definition) is 3. The summed E-state index contributed by atoms with van der Waals surface area (Å²) in [5.74, 6) is -0.334. The van der Waals surface area contributed by atoms with Gasteiger partial charge in [-0.05, 0) is 41.6 Å². The van der Waals surface area contributed by atoms with Gasteiger partial charge in [-0.1, -0.05) is 0 Å². The summed E-state index contributed by atoms with van der Waals surface area (Å²) in [6.45, 7) is 1.36. The van der Waals surface area contributed by atoms with Crippen molar-refractivity contribution in [2.24, 2.45) is 0 Å². The molecule has 0 atom stereocenters. The van der Waals surface area contributed by atoms with Gasteiger partial charge in [-0.15, -0.1) is 0 Å². The lowest BCUT2D eigenvalue weighted by Gasteiger charge is -2.03. The first-order valence-corrected chi connectivity index (χ1v) is 4.58. The van der Waals surface area contributed by atoms with Crippen molar-refractivity contribution in [3.8, 4) is 11.8 Å². The monoisotopic (exact) mass is 287 g/mol. The van der Waals surface area contributed by atoms with Crippen molar-refractivity contribution in [3.63, 3.8) is 0 Å². The fourth-order valence-electron chi connectivity index (χ4n) is 0.972. The average molecular weight is 287 g/mol. The smallest absolute Gasteiger partial charge is 0.161 e. The third-order valence-electron chi connectivity index (χ3n) is 1.62. The number of carbonyl (C=O) groups excluding carboxylic acids is 1. The molecule has 0 saturated heterocycles. The lowest BCUT2D eigenvalue weighted by molar-refractivity contribution is 0.101. The Morgan fingerprint density at radius 2 is 2.23 bits per heavy atom. The molecule has 1 aromatic rings. The molecule has 0 radical (unpaired) electrons. The summed E-state index contributed by atoms with van der Waals surface area (Å²) in [7, 11) is 0. The van der Waals surface area contributed by atoms with Crippen LogP contribution in [0.3, 0.4) is 0 Å². The van der Waals surface area contributed by atoms with Crippen LogP contribution in [-0.2, 0) is 0 Å². The van der Waals surface area contributed by atoms with E-state index in [0.29, 0.717) is 3.57 Å². The van der Waals surface area contributed by atoms with Crippen LogP contribution in [0.1, 0.15) is 22.8 Å². The van der Waals surface area contributed by atoms with Gasteiger partial charge in [-0.3, -0.25) is 4.79 Å². The molecule has 0 heterocycles. The van der Waals surface area contributed by atoms with E-state index in [2.05, 4.69) is 0 Å². The van der Waals surface area contributed by atoms with Gasteiger partial charge >= 0.3 is 0 Å². The molecule has 1 N–H and O–H groups in total. The van der Waals surface area contributed by atoms with Crippen LogP contribution in [0, 0.1) is 14.9 Å². The summed E-state index contributed by atoms with van der Waals surface area (Å²) in [6.07, 6.45) is 0. The van der Waals surface area contributed by atoms with E-state index in [1.54, 1.807) is 12.1 Å². The first-order chi connectivity index (χ1) is 6.07. The Kier molecular flexibility index (Phi) is 2.88. The largest absolute Gasteiger partial charge is 0.505 e. The molecule has 4 heteroatoms. The molecule has 0 unspecified atom stereocenters. The van der Waals surface area contributed by atoms with Crippen molar-refractivity contribution in [2.45, 2.75) is 6.92 Å². The second-order valence-corrected chi connectivity index (χ2v) is 3.65. The first kappa shape index (κ1) is 9.99. The zero-order valence-electron chi connectivity index (χ0n) is 6.84. The lowest BCUT2D eigenvalue weighted by Crippen LogP contribution is -1.97. The number of Topliss-reactive ketones (excluding diaryl/α,β-unsaturated/α-hetero) is 1. The minimum Gasteiger partial charge on any atom is -0.505 e. The molecule has 0 aliphatic heterocycles. The van der Waals surface area contributed by atoms with Crippen molar-refractivity contribution < 1.29 is 9.90 Å². The van der Waals surface area contributed by atoms with E-state index in [9.17, 15) is 9.90 Å². The number of carbonyl (C=O) groups is 1. The number of rotatable bonds is 1. The van der Waals surface area contributed by atoms with Gasteiger partial charge in [0.2, 0.25) is 0 Å². The summed E-state index contributed by atoms with van der Waals surface area (Å²) in [6, 6.07) is 4.96. The summed E-state index contributed by atoms with van der Waals surface area (Å²) >= 11 is 1.90. The van der Waals surface area contributed by atoms with Crippen LogP contribution in [0.15, 0.2) is 12.1 Å². The second-order valence-electron chi connectivity index (χ2n) is 2.49. The maximum atomic E-state index is 11.0. The van der Waals surface area contributed by atoms with E-state index in [1.807, 2.05) is 28.7 Å². The lowest BCUT2D eigenvalue weighted by atomic mass is 10.0. The number of nitrogens with zero attached hydrogens (tertiary/aromatic N) is 1. The highest BCUT2D eigenvalue weighted by Crippen LogP contribution is 2.26. The van der Waals surface area contributed by atoms with E-state index in [-0.39, 0.29) is 22.7 Å². The zero-order chi connectivity index (χ0) is 10.0. The fourth-order valence-corrected chi connectivity index (χ4v) is 1.42. The molecule has 0 aliphatic rings. The van der Waals surface area contributed by atoms with Crippen molar-refractivity contribution in [2.75, 3.05) is 0 Å². The second kappa shape index (κ2) is 3.75. The van der Waals surface area contributed by atoms with Gasteiger partial charge in [-0.25, -0.2) is 0 Å². The number of aromatic hydroxyl groups is 1. The molecule has 3 nitrogen and oxygen atoms in total. The minimum atomic E-state index is -0.219. The van der Waals surface area contributed by atoms with E-state index in [0.717, 1.165) is 0 Å². The predicted octanol–water partition coefficient (Wildman–Crippen LogP) is 2.07. The van der Waals surface area contributed by atoms with Crippen LogP contribution in [0.2, 0.25) is 0 Å². The quantitative estimate of drug-likeness (QED) is 0.635. The van der Waals surface area contributed by atoms with Gasteiger partial charge in [-0.2, -0.15) is 5.26 Å². The van der Waals surface area contributed by atoms with Gasteiger partial charge in [0.05, 0.1) is 3.57 Å². The summed E-state index contributed by atoms with van der Waals surface area (Å²) in [5.41, 5.74) is 0.319. The highest BCUT2D eigenvalue weighted by atomic mass is 127. The number of halogens is 1. The number of nitriles is 1. The Labute approximate surface area is 89.1 Å². The number of ketones is 1. The molecule has 0 aromatic heterocycles.